The van der Waals surface area contributed by atoms with Crippen LogP contribution >= 0.6 is 12.4 Å². The first-order valence-electron chi connectivity index (χ1n) is 8.08. The Labute approximate surface area is 133 Å². The third kappa shape index (κ3) is 2.92. The summed E-state index contributed by atoms with van der Waals surface area (Å²) in [4.78, 5) is 2.71. The normalized spacial score (nSPS) is 28.2. The van der Waals surface area contributed by atoms with E-state index in [0.717, 1.165) is 38.3 Å². The molecule has 0 aliphatic carbocycles. The van der Waals surface area contributed by atoms with Crippen LogP contribution < -0.4 is 5.32 Å². The van der Waals surface area contributed by atoms with Gasteiger partial charge in [0.2, 0.25) is 0 Å². The lowest BCUT2D eigenvalue weighted by molar-refractivity contribution is -0.0383. The molecule has 21 heavy (non-hydrogen) atoms. The number of likely N-dealkylation sites (tertiary alicyclic amines) is 1. The zero-order chi connectivity index (χ0) is 13.4. The van der Waals surface area contributed by atoms with E-state index in [0.29, 0.717) is 0 Å². The van der Waals surface area contributed by atoms with Crippen molar-refractivity contribution >= 4 is 18.1 Å². The Bertz CT molecular complexity index is 492. The standard InChI is InChI=1S/C17H24N2O.ClH/c1-3-13-6-8-18-17(13)14(4-1)11-19-9-2-5-15-12-20-10-7-16(15)19;/h1,3-4,15-16,18H,2,5-12H2;1H. The molecule has 116 valence electrons. The Hall–Kier alpha value is -0.770. The fourth-order valence-corrected chi connectivity index (χ4v) is 4.22. The number of anilines is 1. The summed E-state index contributed by atoms with van der Waals surface area (Å²) in [5.74, 6) is 0.766. The van der Waals surface area contributed by atoms with Crippen LogP contribution in [0.4, 0.5) is 5.69 Å². The fraction of sp³-hybridized carbons (Fsp3) is 0.647. The summed E-state index contributed by atoms with van der Waals surface area (Å²) in [5, 5.41) is 3.58. The zero-order valence-electron chi connectivity index (χ0n) is 12.5. The largest absolute Gasteiger partial charge is 0.384 e. The van der Waals surface area contributed by atoms with Crippen molar-refractivity contribution in [1.29, 1.82) is 0 Å². The van der Waals surface area contributed by atoms with Crippen molar-refractivity contribution in [2.45, 2.75) is 38.3 Å². The van der Waals surface area contributed by atoms with Gasteiger partial charge in [0.1, 0.15) is 0 Å². The van der Waals surface area contributed by atoms with E-state index in [1.165, 1.54) is 49.0 Å². The van der Waals surface area contributed by atoms with E-state index in [4.69, 9.17) is 4.74 Å². The molecule has 0 spiro atoms. The minimum atomic E-state index is 0. The van der Waals surface area contributed by atoms with Crippen LogP contribution in [0.5, 0.6) is 0 Å². The second-order valence-corrected chi connectivity index (χ2v) is 6.43. The van der Waals surface area contributed by atoms with Gasteiger partial charge in [-0.15, -0.1) is 12.4 Å². The molecule has 3 aliphatic heterocycles. The van der Waals surface area contributed by atoms with Crippen LogP contribution in [0.3, 0.4) is 0 Å². The second-order valence-electron chi connectivity index (χ2n) is 6.43. The molecule has 4 rings (SSSR count). The van der Waals surface area contributed by atoms with E-state index < -0.39 is 0 Å². The summed E-state index contributed by atoms with van der Waals surface area (Å²) in [5.41, 5.74) is 4.41. The second kappa shape index (κ2) is 6.55. The molecule has 1 aromatic rings. The minimum Gasteiger partial charge on any atom is -0.384 e. The predicted molar refractivity (Wildman–Crippen MR) is 88.2 cm³/mol. The third-order valence-electron chi connectivity index (χ3n) is 5.23. The summed E-state index contributed by atoms with van der Waals surface area (Å²) in [6.07, 6.45) is 5.08. The van der Waals surface area contributed by atoms with Crippen LogP contribution in [0.2, 0.25) is 0 Å². The average molecular weight is 309 g/mol. The highest BCUT2D eigenvalue weighted by Gasteiger charge is 2.34. The van der Waals surface area contributed by atoms with E-state index >= 15 is 0 Å². The smallest absolute Gasteiger partial charge is 0.0509 e. The van der Waals surface area contributed by atoms with Crippen LogP contribution in [0.15, 0.2) is 18.2 Å². The first-order valence-corrected chi connectivity index (χ1v) is 8.08. The lowest BCUT2D eigenvalue weighted by Crippen LogP contribution is -2.49. The zero-order valence-corrected chi connectivity index (χ0v) is 13.3. The molecule has 4 heteroatoms. The van der Waals surface area contributed by atoms with Crippen molar-refractivity contribution in [2.75, 3.05) is 31.6 Å². The van der Waals surface area contributed by atoms with E-state index in [9.17, 15) is 0 Å². The van der Waals surface area contributed by atoms with Crippen molar-refractivity contribution in [2.24, 2.45) is 5.92 Å². The number of benzene rings is 1. The van der Waals surface area contributed by atoms with Crippen molar-refractivity contribution < 1.29 is 4.74 Å². The van der Waals surface area contributed by atoms with Gasteiger partial charge in [-0.3, -0.25) is 4.90 Å². The number of fused-ring (bicyclic) bond motifs is 2. The molecule has 0 saturated carbocycles. The Morgan fingerprint density at radius 1 is 1.29 bits per heavy atom. The SMILES string of the molecule is Cl.c1cc2c(c(CN3CCCC4COCCC43)c1)NCC2. The lowest BCUT2D eigenvalue weighted by Gasteiger charge is -2.44. The highest BCUT2D eigenvalue weighted by molar-refractivity contribution is 5.85. The maximum atomic E-state index is 5.67. The number of halogens is 1. The molecule has 1 aromatic carbocycles. The van der Waals surface area contributed by atoms with Gasteiger partial charge in [-0.2, -0.15) is 0 Å². The predicted octanol–water partition coefficient (Wildman–Crippen LogP) is 3.08. The molecule has 0 amide bonds. The van der Waals surface area contributed by atoms with Crippen LogP contribution in [-0.4, -0.2) is 37.2 Å². The van der Waals surface area contributed by atoms with Gasteiger partial charge in [0.15, 0.2) is 0 Å². The molecule has 0 aromatic heterocycles. The quantitative estimate of drug-likeness (QED) is 0.908. The van der Waals surface area contributed by atoms with Gasteiger partial charge < -0.3 is 10.1 Å². The molecule has 2 fully saturated rings. The van der Waals surface area contributed by atoms with Gasteiger partial charge in [-0.25, -0.2) is 0 Å². The number of nitrogens with zero attached hydrogens (tertiary/aromatic N) is 1. The molecule has 2 atom stereocenters. The van der Waals surface area contributed by atoms with Gasteiger partial charge in [0.25, 0.3) is 0 Å². The number of hydrogen-bond donors (Lipinski definition) is 1. The fourth-order valence-electron chi connectivity index (χ4n) is 4.22. The van der Waals surface area contributed by atoms with E-state index in [-0.39, 0.29) is 12.4 Å². The van der Waals surface area contributed by atoms with Crippen LogP contribution in [-0.2, 0) is 17.7 Å². The Balaban J connectivity index is 0.00000132. The molecular formula is C17H25ClN2O. The summed E-state index contributed by atoms with van der Waals surface area (Å²) >= 11 is 0. The Morgan fingerprint density at radius 3 is 3.19 bits per heavy atom. The summed E-state index contributed by atoms with van der Waals surface area (Å²) in [6.45, 7) is 5.39. The van der Waals surface area contributed by atoms with Gasteiger partial charge >= 0.3 is 0 Å². The highest BCUT2D eigenvalue weighted by atomic mass is 35.5. The van der Waals surface area contributed by atoms with Crippen molar-refractivity contribution in [1.82, 2.24) is 4.90 Å². The molecule has 0 radical (unpaired) electrons. The monoisotopic (exact) mass is 308 g/mol. The molecule has 3 nitrogen and oxygen atoms in total. The Morgan fingerprint density at radius 2 is 2.24 bits per heavy atom. The van der Waals surface area contributed by atoms with E-state index in [2.05, 4.69) is 28.4 Å². The molecule has 0 bridgehead atoms. The molecule has 2 unspecified atom stereocenters. The maximum absolute atomic E-state index is 5.67. The molecule has 1 N–H and O–H groups in total. The lowest BCUT2D eigenvalue weighted by atomic mass is 9.86. The number of piperidine rings is 1. The average Bonchev–Trinajstić information content (AvgIpc) is 2.97. The number of para-hydroxylation sites is 1. The number of ether oxygens (including phenoxy) is 1. The summed E-state index contributed by atoms with van der Waals surface area (Å²) in [7, 11) is 0. The molecular weight excluding hydrogens is 284 g/mol. The van der Waals surface area contributed by atoms with Gasteiger partial charge in [-0.1, -0.05) is 18.2 Å². The van der Waals surface area contributed by atoms with Gasteiger partial charge in [0.05, 0.1) is 6.61 Å². The van der Waals surface area contributed by atoms with Crippen molar-refractivity contribution in [3.8, 4) is 0 Å². The summed E-state index contributed by atoms with van der Waals surface area (Å²) in [6, 6.07) is 7.55. The number of rotatable bonds is 2. The molecule has 3 heterocycles. The number of nitrogens with one attached hydrogen (secondary N) is 1. The van der Waals surface area contributed by atoms with Crippen LogP contribution in [0, 0.1) is 5.92 Å². The van der Waals surface area contributed by atoms with Crippen LogP contribution in [0.1, 0.15) is 30.4 Å². The van der Waals surface area contributed by atoms with Gasteiger partial charge in [-0.05, 0) is 49.3 Å². The van der Waals surface area contributed by atoms with Gasteiger partial charge in [0, 0.05) is 31.4 Å². The van der Waals surface area contributed by atoms with Crippen molar-refractivity contribution in [3.63, 3.8) is 0 Å². The van der Waals surface area contributed by atoms with E-state index in [1.54, 1.807) is 0 Å². The molecule has 3 aliphatic rings. The third-order valence-corrected chi connectivity index (χ3v) is 5.23. The Kier molecular flexibility index (Phi) is 4.72. The maximum Gasteiger partial charge on any atom is 0.0509 e. The van der Waals surface area contributed by atoms with E-state index in [1.807, 2.05) is 0 Å². The first kappa shape index (κ1) is 15.1. The minimum absolute atomic E-state index is 0. The molecule has 2 saturated heterocycles. The summed E-state index contributed by atoms with van der Waals surface area (Å²) < 4.78 is 5.67. The number of hydrogen-bond acceptors (Lipinski definition) is 3. The van der Waals surface area contributed by atoms with Crippen molar-refractivity contribution in [3.05, 3.63) is 29.3 Å². The highest BCUT2D eigenvalue weighted by Crippen LogP contribution is 2.33. The topological polar surface area (TPSA) is 24.5 Å². The first-order chi connectivity index (χ1) is 9.92. The van der Waals surface area contributed by atoms with Crippen LogP contribution in [0.25, 0.3) is 0 Å².